The molecule has 0 spiro atoms. The number of benzene rings is 1. The summed E-state index contributed by atoms with van der Waals surface area (Å²) in [6.45, 7) is 4.32. The van der Waals surface area contributed by atoms with Gasteiger partial charge in [-0.3, -0.25) is 9.78 Å². The summed E-state index contributed by atoms with van der Waals surface area (Å²) in [7, 11) is 0. The molecule has 2 aromatic rings. The fraction of sp³-hybridized carbons (Fsp3) is 0.333. The number of anilines is 1. The summed E-state index contributed by atoms with van der Waals surface area (Å²) in [5, 5.41) is 11.9. The number of aliphatic hydroxyl groups is 1. The van der Waals surface area contributed by atoms with Crippen LogP contribution in [0.4, 0.5) is 5.69 Å². The molecule has 0 atom stereocenters. The summed E-state index contributed by atoms with van der Waals surface area (Å²) in [5.74, 6) is -0.238. The molecule has 0 bridgehead atoms. The molecule has 0 aliphatic rings. The number of aliphatic hydroxyl groups excluding tert-OH is 1. The Morgan fingerprint density at radius 3 is 2.44 bits per heavy atom. The van der Waals surface area contributed by atoms with Crippen LogP contribution in [0.15, 0.2) is 48.7 Å². The monoisotopic (exact) mass is 338 g/mol. The van der Waals surface area contributed by atoms with Gasteiger partial charge in [0.25, 0.3) is 5.91 Å². The molecule has 1 aromatic heterocycles. The molecule has 0 radical (unpaired) electrons. The SMILES string of the molecule is CCC/C=C(/CCC)c1ccc(C(=O)Nc2ccc(CO)cc2)nc1. The second-order valence-corrected chi connectivity index (χ2v) is 6.01. The van der Waals surface area contributed by atoms with Gasteiger partial charge in [-0.2, -0.15) is 0 Å². The van der Waals surface area contributed by atoms with E-state index in [4.69, 9.17) is 5.11 Å². The average molecular weight is 338 g/mol. The van der Waals surface area contributed by atoms with E-state index in [1.54, 1.807) is 36.5 Å². The number of nitrogens with one attached hydrogen (secondary N) is 1. The largest absolute Gasteiger partial charge is 0.392 e. The van der Waals surface area contributed by atoms with Gasteiger partial charge in [-0.05, 0) is 47.7 Å². The van der Waals surface area contributed by atoms with Gasteiger partial charge >= 0.3 is 0 Å². The van der Waals surface area contributed by atoms with E-state index in [1.165, 1.54) is 5.57 Å². The first kappa shape index (κ1) is 18.9. The predicted octanol–water partition coefficient (Wildman–Crippen LogP) is 4.81. The molecule has 0 unspecified atom stereocenters. The molecule has 132 valence electrons. The lowest BCUT2D eigenvalue weighted by atomic mass is 10.0. The van der Waals surface area contributed by atoms with Crippen LogP contribution in [0, 0.1) is 0 Å². The lowest BCUT2D eigenvalue weighted by Gasteiger charge is -2.09. The first-order chi connectivity index (χ1) is 12.2. The zero-order chi connectivity index (χ0) is 18.1. The summed E-state index contributed by atoms with van der Waals surface area (Å²) in [5.41, 5.74) is 4.26. The van der Waals surface area contributed by atoms with Gasteiger partial charge in [0.2, 0.25) is 0 Å². The average Bonchev–Trinajstić information content (AvgIpc) is 2.66. The summed E-state index contributed by atoms with van der Waals surface area (Å²) < 4.78 is 0. The minimum Gasteiger partial charge on any atom is -0.392 e. The van der Waals surface area contributed by atoms with E-state index in [1.807, 2.05) is 6.07 Å². The highest BCUT2D eigenvalue weighted by Gasteiger charge is 2.09. The molecular weight excluding hydrogens is 312 g/mol. The van der Waals surface area contributed by atoms with E-state index < -0.39 is 0 Å². The Balaban J connectivity index is 2.08. The summed E-state index contributed by atoms with van der Waals surface area (Å²) in [6.07, 6.45) is 8.33. The van der Waals surface area contributed by atoms with Crippen molar-refractivity contribution >= 4 is 17.2 Å². The molecule has 4 nitrogen and oxygen atoms in total. The number of aromatic nitrogens is 1. The summed E-state index contributed by atoms with van der Waals surface area (Å²) in [6, 6.07) is 10.8. The Labute approximate surface area is 149 Å². The van der Waals surface area contributed by atoms with Crippen molar-refractivity contribution in [1.29, 1.82) is 0 Å². The fourth-order valence-corrected chi connectivity index (χ4v) is 2.56. The highest BCUT2D eigenvalue weighted by atomic mass is 16.3. The highest BCUT2D eigenvalue weighted by Crippen LogP contribution is 2.21. The number of amides is 1. The van der Waals surface area contributed by atoms with Crippen LogP contribution < -0.4 is 5.32 Å². The van der Waals surface area contributed by atoms with Crippen LogP contribution in [0.2, 0.25) is 0 Å². The van der Waals surface area contributed by atoms with Crippen molar-refractivity contribution in [2.75, 3.05) is 5.32 Å². The van der Waals surface area contributed by atoms with Gasteiger partial charge < -0.3 is 10.4 Å². The zero-order valence-electron chi connectivity index (χ0n) is 15.0. The maximum absolute atomic E-state index is 12.3. The molecule has 0 aliphatic carbocycles. The van der Waals surface area contributed by atoms with Crippen molar-refractivity contribution in [1.82, 2.24) is 4.98 Å². The fourth-order valence-electron chi connectivity index (χ4n) is 2.56. The Bertz CT molecular complexity index is 704. The van der Waals surface area contributed by atoms with Crippen LogP contribution in [-0.4, -0.2) is 16.0 Å². The van der Waals surface area contributed by atoms with Crippen molar-refractivity contribution in [3.63, 3.8) is 0 Å². The number of unbranched alkanes of at least 4 members (excludes halogenated alkanes) is 1. The van der Waals surface area contributed by atoms with Crippen molar-refractivity contribution in [2.45, 2.75) is 46.1 Å². The van der Waals surface area contributed by atoms with Crippen LogP contribution in [0.25, 0.3) is 5.57 Å². The van der Waals surface area contributed by atoms with E-state index in [0.717, 1.165) is 36.8 Å². The first-order valence-corrected chi connectivity index (χ1v) is 8.84. The number of hydrogen-bond donors (Lipinski definition) is 2. The van der Waals surface area contributed by atoms with Crippen LogP contribution in [0.3, 0.4) is 0 Å². The lowest BCUT2D eigenvalue weighted by Crippen LogP contribution is -2.13. The van der Waals surface area contributed by atoms with Gasteiger partial charge in [0.05, 0.1) is 6.61 Å². The molecule has 0 fully saturated rings. The van der Waals surface area contributed by atoms with Crippen LogP contribution >= 0.6 is 0 Å². The minimum absolute atomic E-state index is 0.0110. The first-order valence-electron chi connectivity index (χ1n) is 8.84. The standard InChI is InChI=1S/C21H26N2O2/c1-3-5-7-17(6-4-2)18-10-13-20(22-14-18)21(25)23-19-11-8-16(15-24)9-12-19/h7-14,24H,3-6,15H2,1-2H3,(H,23,25)/b17-7-. The third-order valence-electron chi connectivity index (χ3n) is 3.96. The third-order valence-corrected chi connectivity index (χ3v) is 3.96. The molecule has 0 saturated heterocycles. The number of pyridine rings is 1. The van der Waals surface area contributed by atoms with Crippen LogP contribution in [0.1, 0.15) is 61.1 Å². The molecule has 4 heteroatoms. The van der Waals surface area contributed by atoms with E-state index >= 15 is 0 Å². The molecule has 2 rings (SSSR count). The van der Waals surface area contributed by atoms with Crippen molar-refractivity contribution in [2.24, 2.45) is 0 Å². The number of allylic oxidation sites excluding steroid dienone is 2. The second-order valence-electron chi connectivity index (χ2n) is 6.01. The van der Waals surface area contributed by atoms with E-state index in [9.17, 15) is 4.79 Å². The third kappa shape index (κ3) is 5.54. The molecule has 1 heterocycles. The molecule has 2 N–H and O–H groups in total. The zero-order valence-corrected chi connectivity index (χ0v) is 15.0. The molecular formula is C21H26N2O2. The number of rotatable bonds is 8. The number of nitrogens with zero attached hydrogens (tertiary/aromatic N) is 1. The topological polar surface area (TPSA) is 62.2 Å². The van der Waals surface area contributed by atoms with Crippen molar-refractivity contribution < 1.29 is 9.90 Å². The molecule has 1 amide bonds. The Kier molecular flexibility index (Phi) is 7.36. The van der Waals surface area contributed by atoms with Gasteiger partial charge in [-0.1, -0.05) is 51.0 Å². The molecule has 1 aromatic carbocycles. The Morgan fingerprint density at radius 2 is 1.88 bits per heavy atom. The van der Waals surface area contributed by atoms with Crippen LogP contribution in [0.5, 0.6) is 0 Å². The van der Waals surface area contributed by atoms with Gasteiger partial charge in [0.1, 0.15) is 5.69 Å². The van der Waals surface area contributed by atoms with Gasteiger partial charge in [0.15, 0.2) is 0 Å². The Morgan fingerprint density at radius 1 is 1.12 bits per heavy atom. The van der Waals surface area contributed by atoms with Crippen molar-refractivity contribution in [3.05, 3.63) is 65.5 Å². The molecule has 0 saturated carbocycles. The smallest absolute Gasteiger partial charge is 0.274 e. The molecule has 0 aliphatic heterocycles. The second kappa shape index (κ2) is 9.74. The summed E-state index contributed by atoms with van der Waals surface area (Å²) >= 11 is 0. The number of hydrogen-bond acceptors (Lipinski definition) is 3. The van der Waals surface area contributed by atoms with Gasteiger partial charge in [0, 0.05) is 11.9 Å². The quantitative estimate of drug-likeness (QED) is 0.726. The molecule has 25 heavy (non-hydrogen) atoms. The maximum atomic E-state index is 12.3. The summed E-state index contributed by atoms with van der Waals surface area (Å²) in [4.78, 5) is 16.6. The van der Waals surface area contributed by atoms with Gasteiger partial charge in [-0.25, -0.2) is 0 Å². The number of carbonyl (C=O) groups is 1. The number of carbonyl (C=O) groups excluding carboxylic acids is 1. The van der Waals surface area contributed by atoms with E-state index in [-0.39, 0.29) is 12.5 Å². The normalized spacial score (nSPS) is 11.4. The van der Waals surface area contributed by atoms with Crippen LogP contribution in [-0.2, 0) is 6.61 Å². The van der Waals surface area contributed by atoms with E-state index in [0.29, 0.717) is 11.4 Å². The maximum Gasteiger partial charge on any atom is 0.274 e. The minimum atomic E-state index is -0.238. The van der Waals surface area contributed by atoms with E-state index in [2.05, 4.69) is 30.2 Å². The highest BCUT2D eigenvalue weighted by molar-refractivity contribution is 6.02. The predicted molar refractivity (Wildman–Crippen MR) is 102 cm³/mol. The van der Waals surface area contributed by atoms with Crippen molar-refractivity contribution in [3.8, 4) is 0 Å². The van der Waals surface area contributed by atoms with Gasteiger partial charge in [-0.15, -0.1) is 0 Å². The Hall–Kier alpha value is -2.46. The lowest BCUT2D eigenvalue weighted by molar-refractivity contribution is 0.102.